The number of anilines is 2. The second-order valence-electron chi connectivity index (χ2n) is 3.95. The van der Waals surface area contributed by atoms with Gasteiger partial charge in [0.25, 0.3) is 5.91 Å². The minimum absolute atomic E-state index is 0.228. The first-order chi connectivity index (χ1) is 8.72. The third-order valence-electron chi connectivity index (χ3n) is 2.64. The van der Waals surface area contributed by atoms with E-state index in [2.05, 4.69) is 20.5 Å². The van der Waals surface area contributed by atoms with Crippen LogP contribution in [0.1, 0.15) is 10.5 Å². The number of rotatable bonds is 2. The molecule has 0 fully saturated rings. The molecule has 0 aliphatic rings. The number of aromatic nitrogens is 3. The van der Waals surface area contributed by atoms with Gasteiger partial charge in [0.15, 0.2) is 0 Å². The summed E-state index contributed by atoms with van der Waals surface area (Å²) < 4.78 is 0. The number of nitrogens with zero attached hydrogens (tertiary/aromatic N) is 1. The van der Waals surface area contributed by atoms with E-state index in [9.17, 15) is 4.79 Å². The molecule has 5 N–H and O–H groups in total. The van der Waals surface area contributed by atoms with Crippen molar-refractivity contribution in [1.29, 1.82) is 0 Å². The molecule has 0 saturated carbocycles. The van der Waals surface area contributed by atoms with Crippen LogP contribution in [0.25, 0.3) is 10.9 Å². The van der Waals surface area contributed by atoms with E-state index in [0.717, 1.165) is 10.9 Å². The first-order valence-corrected chi connectivity index (χ1v) is 5.41. The molecular formula is C12H11N5O. The normalized spacial score (nSPS) is 10.7. The summed E-state index contributed by atoms with van der Waals surface area (Å²) in [4.78, 5) is 15.0. The molecule has 3 rings (SSSR count). The van der Waals surface area contributed by atoms with Crippen molar-refractivity contribution < 1.29 is 4.79 Å². The number of hydrogen-bond acceptors (Lipinski definition) is 3. The molecule has 2 heterocycles. The smallest absolute Gasteiger partial charge is 0.273 e. The molecule has 0 radical (unpaired) electrons. The standard InChI is InChI=1S/C12H11N5O/c13-8-1-2-9-7(5-8)6-10(15-9)12(18)16-11-3-4-14-17-11/h1-6,15H,13H2,(H2,14,16,17,18). The van der Waals surface area contributed by atoms with Crippen LogP contribution in [0.15, 0.2) is 36.5 Å². The summed E-state index contributed by atoms with van der Waals surface area (Å²) in [5.41, 5.74) is 7.71. The van der Waals surface area contributed by atoms with Gasteiger partial charge < -0.3 is 16.0 Å². The lowest BCUT2D eigenvalue weighted by molar-refractivity contribution is 0.102. The second kappa shape index (κ2) is 3.92. The van der Waals surface area contributed by atoms with Crippen molar-refractivity contribution in [1.82, 2.24) is 15.2 Å². The largest absolute Gasteiger partial charge is 0.399 e. The Balaban J connectivity index is 1.92. The topological polar surface area (TPSA) is 99.6 Å². The van der Waals surface area contributed by atoms with E-state index in [0.29, 0.717) is 17.2 Å². The van der Waals surface area contributed by atoms with Gasteiger partial charge in [0.2, 0.25) is 0 Å². The number of amides is 1. The first kappa shape index (κ1) is 10.4. The zero-order valence-corrected chi connectivity index (χ0v) is 9.40. The lowest BCUT2D eigenvalue weighted by Gasteiger charge is -1.98. The highest BCUT2D eigenvalue weighted by Crippen LogP contribution is 2.18. The number of H-pyrrole nitrogens is 2. The number of carbonyl (C=O) groups is 1. The Morgan fingerprint density at radius 3 is 2.94 bits per heavy atom. The summed E-state index contributed by atoms with van der Waals surface area (Å²) in [6, 6.07) is 8.89. The van der Waals surface area contributed by atoms with Crippen molar-refractivity contribution in [3.63, 3.8) is 0 Å². The van der Waals surface area contributed by atoms with Gasteiger partial charge in [-0.3, -0.25) is 9.89 Å². The number of fused-ring (bicyclic) bond motifs is 1. The number of benzene rings is 1. The predicted molar refractivity (Wildman–Crippen MR) is 69.3 cm³/mol. The summed E-state index contributed by atoms with van der Waals surface area (Å²) in [6.07, 6.45) is 1.57. The van der Waals surface area contributed by atoms with Crippen molar-refractivity contribution in [2.45, 2.75) is 0 Å². The van der Waals surface area contributed by atoms with Crippen LogP contribution in [-0.4, -0.2) is 21.1 Å². The SMILES string of the molecule is Nc1ccc2[nH]c(C(=O)Nc3ccn[nH]3)cc2c1. The Hall–Kier alpha value is -2.76. The fraction of sp³-hybridized carbons (Fsp3) is 0. The van der Waals surface area contributed by atoms with Gasteiger partial charge in [0.1, 0.15) is 11.5 Å². The van der Waals surface area contributed by atoms with Crippen molar-refractivity contribution in [3.05, 3.63) is 42.2 Å². The van der Waals surface area contributed by atoms with Crippen LogP contribution in [0.4, 0.5) is 11.5 Å². The number of nitrogens with two attached hydrogens (primary N) is 1. The van der Waals surface area contributed by atoms with Gasteiger partial charge >= 0.3 is 0 Å². The Morgan fingerprint density at radius 2 is 2.17 bits per heavy atom. The van der Waals surface area contributed by atoms with Crippen LogP contribution in [0.5, 0.6) is 0 Å². The number of carbonyl (C=O) groups excluding carboxylic acids is 1. The zero-order valence-electron chi connectivity index (χ0n) is 9.40. The van der Waals surface area contributed by atoms with E-state index >= 15 is 0 Å². The molecule has 0 saturated heterocycles. The average molecular weight is 241 g/mol. The summed E-state index contributed by atoms with van der Waals surface area (Å²) in [5.74, 6) is 0.326. The zero-order chi connectivity index (χ0) is 12.5. The van der Waals surface area contributed by atoms with E-state index in [-0.39, 0.29) is 5.91 Å². The van der Waals surface area contributed by atoms with Gasteiger partial charge in [-0.2, -0.15) is 5.10 Å². The van der Waals surface area contributed by atoms with E-state index in [4.69, 9.17) is 5.73 Å². The molecule has 18 heavy (non-hydrogen) atoms. The summed E-state index contributed by atoms with van der Waals surface area (Å²) in [5, 5.41) is 10.0. The molecular weight excluding hydrogens is 230 g/mol. The minimum Gasteiger partial charge on any atom is -0.399 e. The molecule has 1 aromatic carbocycles. The molecule has 6 nitrogen and oxygen atoms in total. The quantitative estimate of drug-likeness (QED) is 0.514. The van der Waals surface area contributed by atoms with Gasteiger partial charge in [0.05, 0.1) is 6.20 Å². The molecule has 0 aliphatic carbocycles. The molecule has 2 aromatic heterocycles. The molecule has 0 atom stereocenters. The van der Waals surface area contributed by atoms with Crippen molar-refractivity contribution in [2.75, 3.05) is 11.1 Å². The monoisotopic (exact) mass is 241 g/mol. The van der Waals surface area contributed by atoms with Gasteiger partial charge in [-0.15, -0.1) is 0 Å². The van der Waals surface area contributed by atoms with Crippen LogP contribution in [-0.2, 0) is 0 Å². The van der Waals surface area contributed by atoms with Crippen LogP contribution in [0.2, 0.25) is 0 Å². The first-order valence-electron chi connectivity index (χ1n) is 5.41. The molecule has 3 aromatic rings. The average Bonchev–Trinajstić information content (AvgIpc) is 2.96. The fourth-order valence-electron chi connectivity index (χ4n) is 1.79. The maximum Gasteiger partial charge on any atom is 0.273 e. The molecule has 0 aliphatic heterocycles. The minimum atomic E-state index is -0.228. The van der Waals surface area contributed by atoms with Crippen LogP contribution in [0, 0.1) is 0 Å². The van der Waals surface area contributed by atoms with E-state index in [1.165, 1.54) is 0 Å². The summed E-state index contributed by atoms with van der Waals surface area (Å²) in [7, 11) is 0. The lowest BCUT2D eigenvalue weighted by atomic mass is 10.2. The van der Waals surface area contributed by atoms with Crippen LogP contribution < -0.4 is 11.1 Å². The molecule has 6 heteroatoms. The Morgan fingerprint density at radius 1 is 1.28 bits per heavy atom. The Labute approximate surface area is 102 Å². The summed E-state index contributed by atoms with van der Waals surface area (Å²) in [6.45, 7) is 0. The van der Waals surface area contributed by atoms with Gasteiger partial charge in [0, 0.05) is 22.7 Å². The van der Waals surface area contributed by atoms with E-state index < -0.39 is 0 Å². The van der Waals surface area contributed by atoms with E-state index in [1.807, 2.05) is 12.1 Å². The highest BCUT2D eigenvalue weighted by Gasteiger charge is 2.10. The van der Waals surface area contributed by atoms with Gasteiger partial charge in [-0.25, -0.2) is 0 Å². The maximum atomic E-state index is 11.9. The number of hydrogen-bond donors (Lipinski definition) is 4. The Bertz CT molecular complexity index is 698. The van der Waals surface area contributed by atoms with Crippen molar-refractivity contribution in [3.8, 4) is 0 Å². The van der Waals surface area contributed by atoms with Gasteiger partial charge in [-0.05, 0) is 24.3 Å². The summed E-state index contributed by atoms with van der Waals surface area (Å²) >= 11 is 0. The lowest BCUT2D eigenvalue weighted by Crippen LogP contribution is -2.12. The van der Waals surface area contributed by atoms with E-state index in [1.54, 1.807) is 24.4 Å². The van der Waals surface area contributed by atoms with Crippen molar-refractivity contribution >= 4 is 28.3 Å². The van der Waals surface area contributed by atoms with Crippen LogP contribution in [0.3, 0.4) is 0 Å². The highest BCUT2D eigenvalue weighted by molar-refractivity contribution is 6.05. The molecule has 0 spiro atoms. The number of nitrogen functional groups attached to an aromatic ring is 1. The fourth-order valence-corrected chi connectivity index (χ4v) is 1.79. The highest BCUT2D eigenvalue weighted by atomic mass is 16.1. The molecule has 1 amide bonds. The third kappa shape index (κ3) is 1.80. The molecule has 90 valence electrons. The van der Waals surface area contributed by atoms with Gasteiger partial charge in [-0.1, -0.05) is 0 Å². The Kier molecular flexibility index (Phi) is 2.26. The number of nitrogens with one attached hydrogen (secondary N) is 3. The maximum absolute atomic E-state index is 11.9. The van der Waals surface area contributed by atoms with Crippen LogP contribution >= 0.6 is 0 Å². The van der Waals surface area contributed by atoms with Crippen molar-refractivity contribution in [2.24, 2.45) is 0 Å². The second-order valence-corrected chi connectivity index (χ2v) is 3.95. The predicted octanol–water partition coefficient (Wildman–Crippen LogP) is 1.73. The molecule has 0 unspecified atom stereocenters. The third-order valence-corrected chi connectivity index (χ3v) is 2.64. The number of aromatic amines is 2. The molecule has 0 bridgehead atoms.